The van der Waals surface area contributed by atoms with Gasteiger partial charge in [-0.05, 0) is 35.7 Å². The van der Waals surface area contributed by atoms with E-state index in [9.17, 15) is 25.0 Å². The summed E-state index contributed by atoms with van der Waals surface area (Å²) >= 11 is 12.9. The summed E-state index contributed by atoms with van der Waals surface area (Å²) in [5.74, 6) is -0.755. The molecule has 0 aliphatic heterocycles. The van der Waals surface area contributed by atoms with Crippen LogP contribution in [0.5, 0.6) is 0 Å². The van der Waals surface area contributed by atoms with Crippen molar-refractivity contribution >= 4 is 40.4 Å². The molecule has 30 heavy (non-hydrogen) atoms. The van der Waals surface area contributed by atoms with Crippen LogP contribution in [0.3, 0.4) is 0 Å². The summed E-state index contributed by atoms with van der Waals surface area (Å²) in [6, 6.07) is 13.5. The number of nitro benzene ring substituents is 2. The van der Waals surface area contributed by atoms with Crippen LogP contribution in [0, 0.1) is 20.2 Å². The van der Waals surface area contributed by atoms with Crippen LogP contribution in [0.4, 0.5) is 11.4 Å². The number of fused-ring (bicyclic) bond motifs is 2. The maximum Gasteiger partial charge on any atom is 0.279 e. The molecule has 4 rings (SSSR count). The van der Waals surface area contributed by atoms with E-state index in [0.29, 0.717) is 32.3 Å². The fraction of sp³-hybridized carbons (Fsp3) is 0.0952. The Morgan fingerprint density at radius 2 is 1.40 bits per heavy atom. The number of carbonyl (C=O) groups is 1. The molecular weight excluding hydrogens is 431 g/mol. The molecular formula is C21H12Cl2N2O5. The summed E-state index contributed by atoms with van der Waals surface area (Å²) in [5.41, 5.74) is 1.43. The Morgan fingerprint density at radius 1 is 0.833 bits per heavy atom. The fourth-order valence-electron chi connectivity index (χ4n) is 3.90. The Morgan fingerprint density at radius 3 is 1.90 bits per heavy atom. The first kappa shape index (κ1) is 20.0. The van der Waals surface area contributed by atoms with E-state index in [1.807, 2.05) is 0 Å². The van der Waals surface area contributed by atoms with Crippen LogP contribution in [0.15, 0.2) is 54.6 Å². The second kappa shape index (κ2) is 7.51. The normalized spacial score (nSPS) is 12.9. The van der Waals surface area contributed by atoms with Gasteiger partial charge in [0.15, 0.2) is 5.78 Å². The van der Waals surface area contributed by atoms with Gasteiger partial charge in [0.1, 0.15) is 0 Å². The van der Waals surface area contributed by atoms with Crippen molar-refractivity contribution in [2.24, 2.45) is 0 Å². The lowest BCUT2D eigenvalue weighted by atomic mass is 9.74. The van der Waals surface area contributed by atoms with Crippen molar-refractivity contribution in [1.29, 1.82) is 0 Å². The van der Waals surface area contributed by atoms with E-state index in [4.69, 9.17) is 23.2 Å². The molecule has 0 aromatic heterocycles. The lowest BCUT2D eigenvalue weighted by molar-refractivity contribution is -0.394. The van der Waals surface area contributed by atoms with E-state index in [1.165, 1.54) is 12.1 Å². The molecule has 1 aliphatic carbocycles. The number of hydrogen-bond acceptors (Lipinski definition) is 5. The van der Waals surface area contributed by atoms with Crippen LogP contribution < -0.4 is 0 Å². The zero-order valence-corrected chi connectivity index (χ0v) is 16.7. The smallest absolute Gasteiger partial charge is 0.279 e. The largest absolute Gasteiger partial charge is 0.289 e. The van der Waals surface area contributed by atoms with Crippen molar-refractivity contribution in [2.45, 2.75) is 12.3 Å². The Bertz CT molecular complexity index is 1190. The number of ketones is 1. The molecule has 1 aliphatic rings. The number of carbonyl (C=O) groups excluding carboxylic acids is 1. The molecule has 0 saturated carbocycles. The number of benzene rings is 3. The molecule has 0 atom stereocenters. The summed E-state index contributed by atoms with van der Waals surface area (Å²) in [4.78, 5) is 34.3. The Labute approximate surface area is 180 Å². The van der Waals surface area contributed by atoms with E-state index in [-0.39, 0.29) is 29.1 Å². The Balaban J connectivity index is 1.93. The predicted octanol–water partition coefficient (Wildman–Crippen LogP) is 5.73. The van der Waals surface area contributed by atoms with E-state index in [2.05, 4.69) is 0 Å². The minimum Gasteiger partial charge on any atom is -0.289 e. The van der Waals surface area contributed by atoms with Crippen molar-refractivity contribution in [1.82, 2.24) is 0 Å². The summed E-state index contributed by atoms with van der Waals surface area (Å²) in [7, 11) is 0. The number of halogens is 2. The summed E-state index contributed by atoms with van der Waals surface area (Å²) in [6.07, 6.45) is 0.0923. The zero-order chi connectivity index (χ0) is 21.6. The predicted molar refractivity (Wildman–Crippen MR) is 112 cm³/mol. The monoisotopic (exact) mass is 442 g/mol. The molecule has 3 aromatic carbocycles. The number of nitrogens with zero attached hydrogens (tertiary/aromatic N) is 2. The highest BCUT2D eigenvalue weighted by atomic mass is 35.5. The second-order valence-electron chi connectivity index (χ2n) is 6.82. The van der Waals surface area contributed by atoms with Crippen molar-refractivity contribution < 1.29 is 14.6 Å². The average molecular weight is 443 g/mol. The first-order chi connectivity index (χ1) is 14.3. The zero-order valence-electron chi connectivity index (χ0n) is 15.2. The third kappa shape index (κ3) is 3.22. The van der Waals surface area contributed by atoms with E-state index in [1.54, 1.807) is 36.4 Å². The highest BCUT2D eigenvalue weighted by Crippen LogP contribution is 2.45. The van der Waals surface area contributed by atoms with Crippen molar-refractivity contribution in [2.75, 3.05) is 0 Å². The number of non-ortho nitro benzene ring substituents is 1. The molecule has 0 saturated heterocycles. The molecule has 7 nitrogen and oxygen atoms in total. The molecule has 0 heterocycles. The standard InChI is InChI=1S/C21H12Cl2N2O5/c22-16-5-1-3-13-19(16)15(20-14(21(13)26)4-2-6-17(20)23)9-11-7-8-12(24(27)28)10-18(11)25(29)30/h1-8,10,15H,9H2. The van der Waals surface area contributed by atoms with Gasteiger partial charge in [-0.2, -0.15) is 0 Å². The van der Waals surface area contributed by atoms with Gasteiger partial charge in [-0.25, -0.2) is 0 Å². The minimum atomic E-state index is -0.686. The molecule has 0 radical (unpaired) electrons. The quantitative estimate of drug-likeness (QED) is 0.379. The number of nitro groups is 2. The molecule has 0 N–H and O–H groups in total. The third-order valence-electron chi connectivity index (χ3n) is 5.19. The third-order valence-corrected chi connectivity index (χ3v) is 5.85. The van der Waals surface area contributed by atoms with Crippen LogP contribution in [-0.2, 0) is 6.42 Å². The molecule has 0 amide bonds. The first-order valence-corrected chi connectivity index (χ1v) is 9.58. The first-order valence-electron chi connectivity index (χ1n) is 8.82. The molecule has 0 spiro atoms. The number of rotatable bonds is 4. The van der Waals surface area contributed by atoms with Gasteiger partial charge in [0, 0.05) is 38.7 Å². The van der Waals surface area contributed by atoms with E-state index >= 15 is 0 Å². The van der Waals surface area contributed by atoms with E-state index < -0.39 is 15.8 Å². The summed E-state index contributed by atoms with van der Waals surface area (Å²) in [6.45, 7) is 0. The van der Waals surface area contributed by atoms with Crippen molar-refractivity contribution in [3.05, 3.63) is 113 Å². The topological polar surface area (TPSA) is 103 Å². The maximum absolute atomic E-state index is 13.0. The van der Waals surface area contributed by atoms with Crippen LogP contribution >= 0.6 is 23.2 Å². The Kier molecular flexibility index (Phi) is 5.01. The lowest BCUT2D eigenvalue weighted by Crippen LogP contribution is -2.22. The Hall–Kier alpha value is -3.29. The van der Waals surface area contributed by atoms with Crippen molar-refractivity contribution in [3.63, 3.8) is 0 Å². The van der Waals surface area contributed by atoms with Gasteiger partial charge in [-0.3, -0.25) is 25.0 Å². The van der Waals surface area contributed by atoms with Gasteiger partial charge in [0.2, 0.25) is 0 Å². The van der Waals surface area contributed by atoms with Gasteiger partial charge in [0.25, 0.3) is 11.4 Å². The van der Waals surface area contributed by atoms with Crippen molar-refractivity contribution in [3.8, 4) is 0 Å². The van der Waals surface area contributed by atoms with Gasteiger partial charge >= 0.3 is 0 Å². The summed E-state index contributed by atoms with van der Waals surface area (Å²) in [5, 5.41) is 23.3. The molecule has 150 valence electrons. The molecule has 0 bridgehead atoms. The van der Waals surface area contributed by atoms with Crippen LogP contribution in [0.1, 0.15) is 38.5 Å². The molecule has 0 unspecified atom stereocenters. The molecule has 3 aromatic rings. The van der Waals surface area contributed by atoms with Gasteiger partial charge in [-0.15, -0.1) is 0 Å². The van der Waals surface area contributed by atoms with Crippen LogP contribution in [-0.4, -0.2) is 15.6 Å². The van der Waals surface area contributed by atoms with E-state index in [0.717, 1.165) is 6.07 Å². The molecule has 9 heteroatoms. The van der Waals surface area contributed by atoms with Gasteiger partial charge < -0.3 is 0 Å². The molecule has 0 fully saturated rings. The average Bonchev–Trinajstić information content (AvgIpc) is 2.71. The summed E-state index contributed by atoms with van der Waals surface area (Å²) < 4.78 is 0. The SMILES string of the molecule is O=C1c2cccc(Cl)c2C(Cc2ccc([N+](=O)[O-])cc2[N+](=O)[O-])c2c(Cl)cccc21. The highest BCUT2D eigenvalue weighted by Gasteiger charge is 2.35. The van der Waals surface area contributed by atoms with Gasteiger partial charge in [0.05, 0.1) is 15.9 Å². The van der Waals surface area contributed by atoms with Gasteiger partial charge in [-0.1, -0.05) is 47.5 Å². The maximum atomic E-state index is 13.0. The lowest BCUT2D eigenvalue weighted by Gasteiger charge is -2.29. The number of hydrogen-bond donors (Lipinski definition) is 0. The minimum absolute atomic E-state index is 0.0923. The second-order valence-corrected chi connectivity index (χ2v) is 7.63. The van der Waals surface area contributed by atoms with Crippen LogP contribution in [0.2, 0.25) is 10.0 Å². The highest BCUT2D eigenvalue weighted by molar-refractivity contribution is 6.34. The fourth-order valence-corrected chi connectivity index (χ4v) is 4.51. The van der Waals surface area contributed by atoms with Crippen LogP contribution in [0.25, 0.3) is 0 Å².